The zero-order valence-electron chi connectivity index (χ0n) is 16.1. The zero-order chi connectivity index (χ0) is 19.4. The minimum atomic E-state index is -0.267. The summed E-state index contributed by atoms with van der Waals surface area (Å²) in [5.74, 6) is 0.0541. The highest BCUT2D eigenvalue weighted by Crippen LogP contribution is 2.24. The number of aryl methyl sites for hydroxylation is 2. The molecule has 0 spiro atoms. The van der Waals surface area contributed by atoms with Crippen molar-refractivity contribution in [3.8, 4) is 0 Å². The molecule has 27 heavy (non-hydrogen) atoms. The van der Waals surface area contributed by atoms with E-state index in [2.05, 4.69) is 36.3 Å². The van der Waals surface area contributed by atoms with Gasteiger partial charge in [0.15, 0.2) is 0 Å². The number of hydrogen-bond acceptors (Lipinski definition) is 3. The predicted molar refractivity (Wildman–Crippen MR) is 104 cm³/mol. The van der Waals surface area contributed by atoms with Crippen LogP contribution in [0.3, 0.4) is 0 Å². The Morgan fingerprint density at radius 2 is 1.70 bits per heavy atom. The van der Waals surface area contributed by atoms with Gasteiger partial charge in [0, 0.05) is 45.5 Å². The normalized spacial score (nSPS) is 15.4. The van der Waals surface area contributed by atoms with Crippen molar-refractivity contribution in [2.75, 3.05) is 26.2 Å². The minimum Gasteiger partial charge on any atom is -0.339 e. The lowest BCUT2D eigenvalue weighted by Gasteiger charge is -2.35. The van der Waals surface area contributed by atoms with E-state index in [-0.39, 0.29) is 18.0 Å². The van der Waals surface area contributed by atoms with Gasteiger partial charge in [-0.2, -0.15) is 0 Å². The molecule has 1 aromatic heterocycles. The topological polar surface area (TPSA) is 65.5 Å². The van der Waals surface area contributed by atoms with Crippen LogP contribution in [0.1, 0.15) is 35.2 Å². The number of piperazine rings is 1. The number of nitrogens with zero attached hydrogens (tertiary/aromatic N) is 3. The standard InChI is InChI=1S/C21H26N4O2/c1-15-6-7-18(13-16(15)2)20(19-5-4-8-22-14-19)23-21(27)25-11-9-24(10-12-25)17(3)26/h4-8,13-14,20H,9-12H2,1-3H3,(H,23,27). The van der Waals surface area contributed by atoms with Crippen LogP contribution < -0.4 is 5.32 Å². The number of hydrogen-bond donors (Lipinski definition) is 1. The van der Waals surface area contributed by atoms with Crippen LogP contribution >= 0.6 is 0 Å². The molecule has 1 unspecified atom stereocenters. The summed E-state index contributed by atoms with van der Waals surface area (Å²) in [5.41, 5.74) is 4.37. The Kier molecular flexibility index (Phi) is 5.74. The average molecular weight is 366 g/mol. The van der Waals surface area contributed by atoms with Crippen molar-refractivity contribution < 1.29 is 9.59 Å². The average Bonchev–Trinajstić information content (AvgIpc) is 2.69. The van der Waals surface area contributed by atoms with Crippen molar-refractivity contribution in [1.29, 1.82) is 0 Å². The molecule has 0 aliphatic carbocycles. The van der Waals surface area contributed by atoms with Gasteiger partial charge in [0.25, 0.3) is 0 Å². The third kappa shape index (κ3) is 4.45. The van der Waals surface area contributed by atoms with Gasteiger partial charge in [-0.15, -0.1) is 0 Å². The van der Waals surface area contributed by atoms with Crippen LogP contribution in [-0.4, -0.2) is 52.9 Å². The lowest BCUT2D eigenvalue weighted by atomic mass is 9.96. The van der Waals surface area contributed by atoms with E-state index < -0.39 is 0 Å². The van der Waals surface area contributed by atoms with Crippen molar-refractivity contribution in [3.63, 3.8) is 0 Å². The van der Waals surface area contributed by atoms with E-state index in [4.69, 9.17) is 0 Å². The number of carbonyl (C=O) groups is 2. The summed E-state index contributed by atoms with van der Waals surface area (Å²) in [7, 11) is 0. The maximum Gasteiger partial charge on any atom is 0.318 e. The lowest BCUT2D eigenvalue weighted by molar-refractivity contribution is -0.130. The summed E-state index contributed by atoms with van der Waals surface area (Å²) < 4.78 is 0. The second-order valence-electron chi connectivity index (χ2n) is 7.01. The molecular weight excluding hydrogens is 340 g/mol. The molecule has 1 aromatic carbocycles. The van der Waals surface area contributed by atoms with E-state index in [0.29, 0.717) is 26.2 Å². The van der Waals surface area contributed by atoms with Crippen molar-refractivity contribution >= 4 is 11.9 Å². The van der Waals surface area contributed by atoms with Crippen LogP contribution in [0.2, 0.25) is 0 Å². The van der Waals surface area contributed by atoms with Crippen LogP contribution in [0, 0.1) is 13.8 Å². The SMILES string of the molecule is CC(=O)N1CCN(C(=O)NC(c2cccnc2)c2ccc(C)c(C)c2)CC1. The number of amides is 3. The van der Waals surface area contributed by atoms with Crippen LogP contribution in [-0.2, 0) is 4.79 Å². The van der Waals surface area contributed by atoms with Gasteiger partial charge < -0.3 is 15.1 Å². The van der Waals surface area contributed by atoms with E-state index in [9.17, 15) is 9.59 Å². The summed E-state index contributed by atoms with van der Waals surface area (Å²) in [6.45, 7) is 7.94. The number of carbonyl (C=O) groups excluding carboxylic acids is 2. The molecule has 142 valence electrons. The first-order valence-corrected chi connectivity index (χ1v) is 9.23. The highest BCUT2D eigenvalue weighted by molar-refractivity contribution is 5.77. The molecule has 1 atom stereocenters. The summed E-state index contributed by atoms with van der Waals surface area (Å²) in [4.78, 5) is 32.1. The van der Waals surface area contributed by atoms with E-state index >= 15 is 0 Å². The molecule has 0 bridgehead atoms. The quantitative estimate of drug-likeness (QED) is 0.908. The molecule has 0 radical (unpaired) electrons. The lowest BCUT2D eigenvalue weighted by Crippen LogP contribution is -2.53. The molecule has 1 saturated heterocycles. The maximum atomic E-state index is 12.9. The molecule has 6 nitrogen and oxygen atoms in total. The van der Waals surface area contributed by atoms with E-state index in [1.165, 1.54) is 11.1 Å². The Hall–Kier alpha value is -2.89. The van der Waals surface area contributed by atoms with E-state index in [1.54, 1.807) is 29.1 Å². The molecule has 3 amide bonds. The van der Waals surface area contributed by atoms with Crippen molar-refractivity contribution in [2.24, 2.45) is 0 Å². The Morgan fingerprint density at radius 3 is 2.30 bits per heavy atom. The van der Waals surface area contributed by atoms with Crippen LogP contribution in [0.4, 0.5) is 4.79 Å². The summed E-state index contributed by atoms with van der Waals surface area (Å²) in [6, 6.07) is 9.70. The molecule has 1 aliphatic heterocycles. The number of nitrogens with one attached hydrogen (secondary N) is 1. The third-order valence-corrected chi connectivity index (χ3v) is 5.16. The van der Waals surface area contributed by atoms with Gasteiger partial charge in [-0.05, 0) is 42.2 Å². The van der Waals surface area contributed by atoms with E-state index in [0.717, 1.165) is 11.1 Å². The second kappa shape index (κ2) is 8.20. The van der Waals surface area contributed by atoms with Crippen molar-refractivity contribution in [1.82, 2.24) is 20.1 Å². The van der Waals surface area contributed by atoms with Gasteiger partial charge in [0.2, 0.25) is 5.91 Å². The fourth-order valence-corrected chi connectivity index (χ4v) is 3.29. The van der Waals surface area contributed by atoms with Crippen LogP contribution in [0.15, 0.2) is 42.7 Å². The van der Waals surface area contributed by atoms with Gasteiger partial charge in [-0.3, -0.25) is 9.78 Å². The Morgan fingerprint density at radius 1 is 1.00 bits per heavy atom. The van der Waals surface area contributed by atoms with Gasteiger partial charge in [-0.1, -0.05) is 24.3 Å². The first-order chi connectivity index (χ1) is 13.0. The summed E-state index contributed by atoms with van der Waals surface area (Å²) in [5, 5.41) is 3.15. The smallest absolute Gasteiger partial charge is 0.318 e. The number of benzene rings is 1. The van der Waals surface area contributed by atoms with Gasteiger partial charge in [0.05, 0.1) is 6.04 Å². The second-order valence-corrected chi connectivity index (χ2v) is 7.01. The highest BCUT2D eigenvalue weighted by Gasteiger charge is 2.25. The minimum absolute atomic E-state index is 0.0541. The molecule has 1 aliphatic rings. The van der Waals surface area contributed by atoms with Gasteiger partial charge in [0.1, 0.15) is 0 Å². The summed E-state index contributed by atoms with van der Waals surface area (Å²) >= 11 is 0. The fourth-order valence-electron chi connectivity index (χ4n) is 3.29. The molecule has 0 saturated carbocycles. The predicted octanol–water partition coefficient (Wildman–Crippen LogP) is 2.66. The molecular formula is C21H26N4O2. The zero-order valence-corrected chi connectivity index (χ0v) is 16.1. The first kappa shape index (κ1) is 18.9. The molecule has 1 fully saturated rings. The largest absolute Gasteiger partial charge is 0.339 e. The van der Waals surface area contributed by atoms with Crippen LogP contribution in [0.5, 0.6) is 0 Å². The summed E-state index contributed by atoms with van der Waals surface area (Å²) in [6.07, 6.45) is 3.51. The number of rotatable bonds is 3. The van der Waals surface area contributed by atoms with Gasteiger partial charge >= 0.3 is 6.03 Å². The Bertz CT molecular complexity index is 814. The monoisotopic (exact) mass is 366 g/mol. The number of pyridine rings is 1. The molecule has 6 heteroatoms. The molecule has 2 heterocycles. The molecule has 1 N–H and O–H groups in total. The Labute approximate surface area is 160 Å². The fraction of sp³-hybridized carbons (Fsp3) is 0.381. The van der Waals surface area contributed by atoms with Crippen molar-refractivity contribution in [3.05, 3.63) is 65.0 Å². The van der Waals surface area contributed by atoms with Gasteiger partial charge in [-0.25, -0.2) is 4.79 Å². The van der Waals surface area contributed by atoms with E-state index in [1.807, 2.05) is 18.2 Å². The maximum absolute atomic E-state index is 12.9. The number of urea groups is 1. The third-order valence-electron chi connectivity index (χ3n) is 5.16. The number of aromatic nitrogens is 1. The molecule has 2 aromatic rings. The molecule has 3 rings (SSSR count). The van der Waals surface area contributed by atoms with Crippen molar-refractivity contribution in [2.45, 2.75) is 26.8 Å². The Balaban J connectivity index is 1.79. The first-order valence-electron chi connectivity index (χ1n) is 9.23. The van der Waals surface area contributed by atoms with Crippen LogP contribution in [0.25, 0.3) is 0 Å². The highest BCUT2D eigenvalue weighted by atomic mass is 16.2.